The smallest absolute Gasteiger partial charge is 0.252 e. The summed E-state index contributed by atoms with van der Waals surface area (Å²) in [5.41, 5.74) is 6.94. The van der Waals surface area contributed by atoms with Crippen LogP contribution in [0.1, 0.15) is 19.4 Å². The van der Waals surface area contributed by atoms with Crippen LogP contribution in [-0.4, -0.2) is 24.1 Å². The summed E-state index contributed by atoms with van der Waals surface area (Å²) in [7, 11) is 0. The topological polar surface area (TPSA) is 73.8 Å². The van der Waals surface area contributed by atoms with Crippen molar-refractivity contribution in [1.29, 1.82) is 0 Å². The monoisotopic (exact) mass is 430 g/mol. The maximum absolute atomic E-state index is 13.2. The molecule has 0 saturated heterocycles. The van der Waals surface area contributed by atoms with E-state index in [0.29, 0.717) is 5.69 Å². The Balaban J connectivity index is 1.50. The van der Waals surface area contributed by atoms with Crippen LogP contribution >= 0.6 is 11.8 Å². The summed E-state index contributed by atoms with van der Waals surface area (Å²) in [6.45, 7) is 3.37. The van der Waals surface area contributed by atoms with Gasteiger partial charge in [-0.1, -0.05) is 48.2 Å². The van der Waals surface area contributed by atoms with Gasteiger partial charge in [-0.05, 0) is 48.9 Å². The first-order chi connectivity index (χ1) is 15.0. The van der Waals surface area contributed by atoms with E-state index in [2.05, 4.69) is 15.8 Å². The fourth-order valence-electron chi connectivity index (χ4n) is 3.37. The lowest BCUT2D eigenvalue weighted by Crippen LogP contribution is -2.35. The molecule has 31 heavy (non-hydrogen) atoms. The number of rotatable bonds is 5. The molecule has 0 radical (unpaired) electrons. The molecule has 0 aliphatic carbocycles. The minimum Gasteiger partial charge on any atom is -0.326 e. The van der Waals surface area contributed by atoms with Crippen molar-refractivity contribution >= 4 is 46.4 Å². The number of carbonyl (C=O) groups is 2. The van der Waals surface area contributed by atoms with Gasteiger partial charge in [0.15, 0.2) is 0 Å². The summed E-state index contributed by atoms with van der Waals surface area (Å²) < 4.78 is 0. The fourth-order valence-corrected chi connectivity index (χ4v) is 4.43. The van der Waals surface area contributed by atoms with Gasteiger partial charge in [-0.3, -0.25) is 14.5 Å². The Morgan fingerprint density at radius 3 is 2.19 bits per heavy atom. The van der Waals surface area contributed by atoms with E-state index in [1.807, 2.05) is 79.7 Å². The maximum atomic E-state index is 13.2. The van der Waals surface area contributed by atoms with E-state index in [4.69, 9.17) is 0 Å². The molecule has 6 nitrogen and oxygen atoms in total. The number of hydrogen-bond donors (Lipinski definition) is 2. The van der Waals surface area contributed by atoms with Gasteiger partial charge in [0.1, 0.15) is 6.54 Å². The summed E-state index contributed by atoms with van der Waals surface area (Å²) in [6.07, 6.45) is 0. The van der Waals surface area contributed by atoms with Gasteiger partial charge in [-0.25, -0.2) is 0 Å². The molecule has 0 saturated carbocycles. The molecule has 4 rings (SSSR count). The Labute approximate surface area is 185 Å². The third-order valence-corrected chi connectivity index (χ3v) is 5.89. The highest BCUT2D eigenvalue weighted by Gasteiger charge is 2.27. The largest absolute Gasteiger partial charge is 0.326 e. The Morgan fingerprint density at radius 2 is 1.55 bits per heavy atom. The first-order valence-electron chi connectivity index (χ1n) is 9.87. The molecule has 3 aromatic rings. The van der Waals surface area contributed by atoms with Crippen LogP contribution in [0.2, 0.25) is 0 Å². The summed E-state index contributed by atoms with van der Waals surface area (Å²) in [5.74, 6) is -0.223. The number of para-hydroxylation sites is 2. The van der Waals surface area contributed by atoms with E-state index in [-0.39, 0.29) is 18.4 Å². The van der Waals surface area contributed by atoms with Crippen molar-refractivity contribution in [3.05, 3.63) is 78.4 Å². The van der Waals surface area contributed by atoms with Crippen LogP contribution in [0.5, 0.6) is 0 Å². The second-order valence-corrected chi connectivity index (χ2v) is 8.14. The zero-order chi connectivity index (χ0) is 21.8. The number of nitrogens with one attached hydrogen (secondary N) is 2. The number of nitrogens with zero attached hydrogens (tertiary/aromatic N) is 2. The summed E-state index contributed by atoms with van der Waals surface area (Å²) in [5, 5.41) is 7.12. The first kappa shape index (κ1) is 20.7. The molecule has 156 valence electrons. The predicted octanol–water partition coefficient (Wildman–Crippen LogP) is 4.79. The molecule has 7 heteroatoms. The Morgan fingerprint density at radius 1 is 0.903 bits per heavy atom. The Kier molecular flexibility index (Phi) is 6.04. The quantitative estimate of drug-likeness (QED) is 0.451. The third kappa shape index (κ3) is 4.62. The summed E-state index contributed by atoms with van der Waals surface area (Å²) in [4.78, 5) is 28.3. The lowest BCUT2D eigenvalue weighted by molar-refractivity contribution is -0.117. The van der Waals surface area contributed by atoms with Crippen molar-refractivity contribution in [3.8, 4) is 0 Å². The highest BCUT2D eigenvalue weighted by Crippen LogP contribution is 2.47. The van der Waals surface area contributed by atoms with Gasteiger partial charge < -0.3 is 10.7 Å². The zero-order valence-corrected chi connectivity index (χ0v) is 18.1. The molecular weight excluding hydrogens is 408 g/mol. The van der Waals surface area contributed by atoms with Crippen LogP contribution in [0.25, 0.3) is 0 Å². The molecule has 1 aliphatic heterocycles. The second kappa shape index (κ2) is 9.06. The molecule has 0 spiro atoms. The first-order valence-corrected chi connectivity index (χ1v) is 10.7. The van der Waals surface area contributed by atoms with E-state index in [0.717, 1.165) is 32.4 Å². The molecule has 2 N–H and O–H groups in total. The molecule has 0 bridgehead atoms. The van der Waals surface area contributed by atoms with Crippen LogP contribution in [0.4, 0.5) is 17.1 Å². The van der Waals surface area contributed by atoms with Crippen molar-refractivity contribution in [2.45, 2.75) is 23.6 Å². The number of benzene rings is 3. The number of fused-ring (bicyclic) bond motifs is 2. The predicted molar refractivity (Wildman–Crippen MR) is 125 cm³/mol. The normalized spacial score (nSPS) is 12.6. The second-order valence-electron chi connectivity index (χ2n) is 7.06. The number of anilines is 3. The van der Waals surface area contributed by atoms with Gasteiger partial charge in [0.05, 0.1) is 17.1 Å². The van der Waals surface area contributed by atoms with E-state index in [9.17, 15) is 9.59 Å². The minimum absolute atomic E-state index is 0.0516. The summed E-state index contributed by atoms with van der Waals surface area (Å²) >= 11 is 1.66. The molecule has 0 aromatic heterocycles. The highest BCUT2D eigenvalue weighted by molar-refractivity contribution is 7.99. The molecule has 1 aliphatic rings. The average molecular weight is 431 g/mol. The fraction of sp³-hybridized carbons (Fsp3) is 0.125. The lowest BCUT2D eigenvalue weighted by atomic mass is 10.1. The van der Waals surface area contributed by atoms with Gasteiger partial charge in [-0.2, -0.15) is 5.10 Å². The zero-order valence-electron chi connectivity index (χ0n) is 17.3. The highest BCUT2D eigenvalue weighted by atomic mass is 32.2. The molecule has 0 atom stereocenters. The molecule has 3 aromatic carbocycles. The number of amides is 2. The van der Waals surface area contributed by atoms with Gasteiger partial charge in [0.25, 0.3) is 5.91 Å². The van der Waals surface area contributed by atoms with E-state index in [1.54, 1.807) is 16.7 Å². The van der Waals surface area contributed by atoms with E-state index < -0.39 is 0 Å². The Bertz CT molecular complexity index is 1130. The van der Waals surface area contributed by atoms with Gasteiger partial charge >= 0.3 is 0 Å². The van der Waals surface area contributed by atoms with Crippen LogP contribution in [0.3, 0.4) is 0 Å². The maximum Gasteiger partial charge on any atom is 0.252 e. The molecular formula is C24H22N4O2S. The number of hydrogen-bond acceptors (Lipinski definition) is 5. The van der Waals surface area contributed by atoms with Gasteiger partial charge in [0.2, 0.25) is 5.91 Å². The minimum atomic E-state index is -0.129. The van der Waals surface area contributed by atoms with Crippen molar-refractivity contribution < 1.29 is 9.59 Å². The van der Waals surface area contributed by atoms with Crippen LogP contribution < -0.4 is 15.6 Å². The van der Waals surface area contributed by atoms with Crippen LogP contribution in [0.15, 0.2) is 87.7 Å². The van der Waals surface area contributed by atoms with Crippen LogP contribution in [-0.2, 0) is 9.59 Å². The van der Waals surface area contributed by atoms with Crippen molar-refractivity contribution in [3.63, 3.8) is 0 Å². The summed E-state index contributed by atoms with van der Waals surface area (Å²) in [6, 6.07) is 23.2. The van der Waals surface area contributed by atoms with E-state index in [1.165, 1.54) is 6.92 Å². The number of carbonyl (C=O) groups excluding carboxylic acids is 2. The van der Waals surface area contributed by atoms with Crippen molar-refractivity contribution in [2.75, 3.05) is 16.8 Å². The standard InChI is InChI=1S/C24H22N4O2S/c1-16(18-8-7-9-19(14-18)26-17(2)29)27-25-15-24(30)28-20-10-3-5-12-22(20)31-23-13-6-4-11-21(23)28/h3-14,25H,15H2,1-2H3,(H,26,29)/b27-16+. The molecule has 0 fully saturated rings. The van der Waals surface area contributed by atoms with Crippen molar-refractivity contribution in [1.82, 2.24) is 5.43 Å². The van der Waals surface area contributed by atoms with Crippen LogP contribution in [0, 0.1) is 0 Å². The third-order valence-electron chi connectivity index (χ3n) is 4.76. The SMILES string of the molecule is CC(=O)Nc1cccc(/C(C)=N/NCC(=O)N2c3ccccc3Sc3ccccc32)c1. The Hall–Kier alpha value is -3.58. The van der Waals surface area contributed by atoms with Gasteiger partial charge in [0, 0.05) is 22.4 Å². The van der Waals surface area contributed by atoms with E-state index >= 15 is 0 Å². The number of hydrazone groups is 1. The molecule has 2 amide bonds. The average Bonchev–Trinajstić information content (AvgIpc) is 2.77. The van der Waals surface area contributed by atoms with Crippen molar-refractivity contribution in [2.24, 2.45) is 5.10 Å². The molecule has 1 heterocycles. The molecule has 0 unspecified atom stereocenters. The van der Waals surface area contributed by atoms with Gasteiger partial charge in [-0.15, -0.1) is 0 Å². The lowest BCUT2D eigenvalue weighted by Gasteiger charge is -2.30.